The Bertz CT molecular complexity index is 931. The molecule has 2 aromatic carbocycles. The maximum absolute atomic E-state index is 12.4. The zero-order valence-electron chi connectivity index (χ0n) is 15.2. The van der Waals surface area contributed by atoms with Crippen molar-refractivity contribution in [3.05, 3.63) is 83.1 Å². The summed E-state index contributed by atoms with van der Waals surface area (Å²) >= 11 is 0. The van der Waals surface area contributed by atoms with Crippen molar-refractivity contribution in [3.63, 3.8) is 0 Å². The topological polar surface area (TPSA) is 92.8 Å². The molecular weight excluding hydrogens is 360 g/mol. The average Bonchev–Trinajstić information content (AvgIpc) is 2.98. The Kier molecular flexibility index (Phi) is 5.64. The van der Waals surface area contributed by atoms with Crippen molar-refractivity contribution in [2.75, 3.05) is 13.7 Å². The number of nitrogens with one attached hydrogen (secondary N) is 1. The van der Waals surface area contributed by atoms with Gasteiger partial charge in [-0.1, -0.05) is 36.4 Å². The van der Waals surface area contributed by atoms with Crippen LogP contribution in [-0.2, 0) is 9.53 Å². The van der Waals surface area contributed by atoms with Gasteiger partial charge in [0.25, 0.3) is 17.7 Å². The quantitative estimate of drug-likeness (QED) is 0.472. The van der Waals surface area contributed by atoms with Gasteiger partial charge < -0.3 is 10.1 Å². The molecule has 0 saturated carbocycles. The van der Waals surface area contributed by atoms with E-state index in [1.165, 1.54) is 13.2 Å². The monoisotopic (exact) mass is 378 g/mol. The fourth-order valence-corrected chi connectivity index (χ4v) is 2.86. The molecule has 0 unspecified atom stereocenters. The van der Waals surface area contributed by atoms with Crippen LogP contribution in [0.25, 0.3) is 0 Å². The highest BCUT2D eigenvalue weighted by Crippen LogP contribution is 2.22. The van der Waals surface area contributed by atoms with Gasteiger partial charge >= 0.3 is 5.97 Å². The van der Waals surface area contributed by atoms with Gasteiger partial charge in [-0.2, -0.15) is 0 Å². The predicted octanol–water partition coefficient (Wildman–Crippen LogP) is 2.16. The van der Waals surface area contributed by atoms with Crippen molar-refractivity contribution < 1.29 is 23.9 Å². The second kappa shape index (κ2) is 8.30. The molecule has 1 N–H and O–H groups in total. The molecule has 3 amide bonds. The number of carbonyl (C=O) groups is 4. The highest BCUT2D eigenvalue weighted by Gasteiger charge is 2.34. The van der Waals surface area contributed by atoms with E-state index in [0.717, 1.165) is 4.90 Å². The molecule has 0 atom stereocenters. The maximum Gasteiger partial charge on any atom is 0.354 e. The van der Waals surface area contributed by atoms with Crippen LogP contribution >= 0.6 is 0 Å². The minimum atomic E-state index is -0.716. The van der Waals surface area contributed by atoms with E-state index in [0.29, 0.717) is 16.7 Å². The van der Waals surface area contributed by atoms with E-state index in [2.05, 4.69) is 5.32 Å². The van der Waals surface area contributed by atoms with E-state index in [1.807, 2.05) is 0 Å². The molecule has 1 aliphatic heterocycles. The molecule has 0 aromatic heterocycles. The summed E-state index contributed by atoms with van der Waals surface area (Å²) in [5, 5.41) is 2.51. The molecule has 0 saturated heterocycles. The fraction of sp³-hybridized carbons (Fsp3) is 0.143. The number of carbonyl (C=O) groups excluding carboxylic acids is 4. The van der Waals surface area contributed by atoms with Crippen LogP contribution in [0.3, 0.4) is 0 Å². The lowest BCUT2D eigenvalue weighted by Gasteiger charge is -2.13. The summed E-state index contributed by atoms with van der Waals surface area (Å²) in [6.07, 6.45) is 1.63. The van der Waals surface area contributed by atoms with Crippen molar-refractivity contribution in [2.45, 2.75) is 6.42 Å². The first kappa shape index (κ1) is 19.0. The number of hydrogen-bond donors (Lipinski definition) is 1. The fourth-order valence-electron chi connectivity index (χ4n) is 2.86. The van der Waals surface area contributed by atoms with E-state index >= 15 is 0 Å². The Labute approximate surface area is 161 Å². The summed E-state index contributed by atoms with van der Waals surface area (Å²) in [5.74, 6) is -1.92. The Hall–Kier alpha value is -3.74. The van der Waals surface area contributed by atoms with Crippen LogP contribution < -0.4 is 5.32 Å². The Balaban J connectivity index is 1.69. The molecular formula is C21H18N2O5. The number of imide groups is 1. The molecule has 28 heavy (non-hydrogen) atoms. The van der Waals surface area contributed by atoms with Gasteiger partial charge in [0, 0.05) is 12.1 Å². The Morgan fingerprint density at radius 1 is 0.964 bits per heavy atom. The van der Waals surface area contributed by atoms with Gasteiger partial charge in [-0.25, -0.2) is 4.79 Å². The summed E-state index contributed by atoms with van der Waals surface area (Å²) in [6.45, 7) is 0.0774. The van der Waals surface area contributed by atoms with E-state index in [1.54, 1.807) is 54.6 Å². The molecule has 1 aliphatic rings. The van der Waals surface area contributed by atoms with Crippen LogP contribution in [0.2, 0.25) is 0 Å². The van der Waals surface area contributed by atoms with Crippen LogP contribution in [0, 0.1) is 0 Å². The van der Waals surface area contributed by atoms with E-state index < -0.39 is 11.9 Å². The van der Waals surface area contributed by atoms with Gasteiger partial charge in [0.1, 0.15) is 5.70 Å². The van der Waals surface area contributed by atoms with Crippen LogP contribution in [-0.4, -0.2) is 42.2 Å². The largest absolute Gasteiger partial charge is 0.464 e. The summed E-state index contributed by atoms with van der Waals surface area (Å²) in [5.41, 5.74) is 1.06. The van der Waals surface area contributed by atoms with Crippen molar-refractivity contribution in [3.8, 4) is 0 Å². The Morgan fingerprint density at radius 2 is 1.54 bits per heavy atom. The summed E-state index contributed by atoms with van der Waals surface area (Å²) in [4.78, 5) is 50.1. The molecule has 0 bridgehead atoms. The molecule has 0 fully saturated rings. The molecule has 0 aliphatic carbocycles. The third-order valence-electron chi connectivity index (χ3n) is 4.27. The molecule has 2 aromatic rings. The van der Waals surface area contributed by atoms with Crippen molar-refractivity contribution in [2.24, 2.45) is 0 Å². The normalized spacial score (nSPS) is 13.3. The molecule has 7 heteroatoms. The van der Waals surface area contributed by atoms with Crippen molar-refractivity contribution >= 4 is 23.7 Å². The predicted molar refractivity (Wildman–Crippen MR) is 100 cm³/mol. The van der Waals surface area contributed by atoms with Gasteiger partial charge in [0.05, 0.1) is 18.2 Å². The van der Waals surface area contributed by atoms with Crippen LogP contribution in [0.4, 0.5) is 0 Å². The number of methoxy groups -OCH3 is 1. The summed E-state index contributed by atoms with van der Waals surface area (Å²) in [6, 6.07) is 15.0. The number of hydrogen-bond acceptors (Lipinski definition) is 5. The lowest BCUT2D eigenvalue weighted by Crippen LogP contribution is -2.31. The van der Waals surface area contributed by atoms with Gasteiger partial charge in [0.15, 0.2) is 0 Å². The minimum absolute atomic E-state index is 0.0482. The Morgan fingerprint density at radius 3 is 2.11 bits per heavy atom. The highest BCUT2D eigenvalue weighted by atomic mass is 16.5. The number of amides is 3. The number of benzene rings is 2. The average molecular weight is 378 g/mol. The molecule has 7 nitrogen and oxygen atoms in total. The minimum Gasteiger partial charge on any atom is -0.464 e. The zero-order valence-corrected chi connectivity index (χ0v) is 15.2. The number of nitrogens with zero attached hydrogens (tertiary/aromatic N) is 1. The van der Waals surface area contributed by atoms with Gasteiger partial charge in [-0.3, -0.25) is 19.3 Å². The SMILES string of the molecule is COC(=O)/C(=C/CCN1C(=O)c2ccccc2C1=O)NC(=O)c1ccccc1. The smallest absolute Gasteiger partial charge is 0.354 e. The van der Waals surface area contributed by atoms with Gasteiger partial charge in [-0.15, -0.1) is 0 Å². The first-order valence-electron chi connectivity index (χ1n) is 8.63. The molecule has 0 radical (unpaired) electrons. The number of esters is 1. The van der Waals surface area contributed by atoms with Gasteiger partial charge in [-0.05, 0) is 30.7 Å². The second-order valence-electron chi connectivity index (χ2n) is 6.03. The lowest BCUT2D eigenvalue weighted by atomic mass is 10.1. The van der Waals surface area contributed by atoms with E-state index in [4.69, 9.17) is 4.74 Å². The third kappa shape index (κ3) is 3.83. The van der Waals surface area contributed by atoms with Crippen LogP contribution in [0.1, 0.15) is 37.5 Å². The van der Waals surface area contributed by atoms with Crippen LogP contribution in [0.5, 0.6) is 0 Å². The zero-order chi connectivity index (χ0) is 20.1. The number of rotatable bonds is 6. The number of ether oxygens (including phenoxy) is 1. The standard InChI is InChI=1S/C21H18N2O5/c1-28-21(27)17(22-18(24)14-8-3-2-4-9-14)12-7-13-23-19(25)15-10-5-6-11-16(15)20(23)26/h2-6,8-12H,7,13H2,1H3,(H,22,24)/b17-12-. The van der Waals surface area contributed by atoms with Crippen molar-refractivity contribution in [1.82, 2.24) is 10.2 Å². The van der Waals surface area contributed by atoms with Crippen molar-refractivity contribution in [1.29, 1.82) is 0 Å². The summed E-state index contributed by atoms with van der Waals surface area (Å²) < 4.78 is 4.70. The van der Waals surface area contributed by atoms with E-state index in [-0.39, 0.29) is 30.5 Å². The molecule has 0 spiro atoms. The van der Waals surface area contributed by atoms with E-state index in [9.17, 15) is 19.2 Å². The second-order valence-corrected chi connectivity index (χ2v) is 6.03. The first-order valence-corrected chi connectivity index (χ1v) is 8.63. The third-order valence-corrected chi connectivity index (χ3v) is 4.27. The highest BCUT2D eigenvalue weighted by molar-refractivity contribution is 6.21. The summed E-state index contributed by atoms with van der Waals surface area (Å²) in [7, 11) is 1.20. The molecule has 142 valence electrons. The maximum atomic E-state index is 12.4. The van der Waals surface area contributed by atoms with Crippen LogP contribution in [0.15, 0.2) is 66.4 Å². The lowest BCUT2D eigenvalue weighted by molar-refractivity contribution is -0.136. The number of fused-ring (bicyclic) bond motifs is 1. The molecule has 1 heterocycles. The van der Waals surface area contributed by atoms with Gasteiger partial charge in [0.2, 0.25) is 0 Å². The first-order chi connectivity index (χ1) is 13.5. The molecule has 3 rings (SSSR count).